The number of para-hydroxylation sites is 1. The average molecular weight is 226 g/mol. The Kier molecular flexibility index (Phi) is 3.76. The van der Waals surface area contributed by atoms with Crippen LogP contribution in [0.15, 0.2) is 48.7 Å². The van der Waals surface area contributed by atoms with E-state index in [4.69, 9.17) is 5.41 Å². The third-order valence-corrected chi connectivity index (χ3v) is 2.95. The van der Waals surface area contributed by atoms with Crippen molar-refractivity contribution < 1.29 is 0 Å². The molecule has 0 saturated heterocycles. The Hall–Kier alpha value is -1.83. The molecule has 0 amide bonds. The van der Waals surface area contributed by atoms with Gasteiger partial charge in [0.25, 0.3) is 0 Å². The van der Waals surface area contributed by atoms with Crippen LogP contribution < -0.4 is 4.90 Å². The first-order valence-electron chi connectivity index (χ1n) is 6.08. The van der Waals surface area contributed by atoms with E-state index < -0.39 is 0 Å². The maximum absolute atomic E-state index is 7.50. The van der Waals surface area contributed by atoms with E-state index in [1.807, 2.05) is 24.4 Å². The second-order valence-corrected chi connectivity index (χ2v) is 4.17. The summed E-state index contributed by atoms with van der Waals surface area (Å²) in [6.07, 6.45) is 11.8. The van der Waals surface area contributed by atoms with E-state index in [-0.39, 0.29) is 6.04 Å². The Labute approximate surface area is 103 Å². The molecule has 2 rings (SSSR count). The van der Waals surface area contributed by atoms with Crippen LogP contribution in [0, 0.1) is 5.41 Å². The van der Waals surface area contributed by atoms with Crippen LogP contribution >= 0.6 is 0 Å². The molecule has 1 unspecified atom stereocenters. The molecule has 1 N–H and O–H groups in total. The molecule has 0 fully saturated rings. The van der Waals surface area contributed by atoms with Gasteiger partial charge in [-0.3, -0.25) is 0 Å². The van der Waals surface area contributed by atoms with Crippen molar-refractivity contribution >= 4 is 11.9 Å². The van der Waals surface area contributed by atoms with Gasteiger partial charge in [0.05, 0.1) is 6.04 Å². The van der Waals surface area contributed by atoms with E-state index in [1.54, 1.807) is 0 Å². The molecule has 1 aromatic carbocycles. The minimum absolute atomic E-state index is 0.0398. The first-order chi connectivity index (χ1) is 8.36. The topological polar surface area (TPSA) is 27.1 Å². The van der Waals surface area contributed by atoms with E-state index in [0.29, 0.717) is 0 Å². The summed E-state index contributed by atoms with van der Waals surface area (Å²) in [5.41, 5.74) is 2.56. The highest BCUT2D eigenvalue weighted by Crippen LogP contribution is 2.25. The first-order valence-corrected chi connectivity index (χ1v) is 6.08. The lowest BCUT2D eigenvalue weighted by Crippen LogP contribution is -2.32. The van der Waals surface area contributed by atoms with Crippen LogP contribution in [0.2, 0.25) is 0 Å². The molecule has 0 saturated carbocycles. The normalized spacial score (nSPS) is 18.4. The maximum atomic E-state index is 7.50. The highest BCUT2D eigenvalue weighted by Gasteiger charge is 2.16. The standard InChI is InChI=1S/C15H18N2/c1-2-7-13-8-3-4-10-15(13)17-11-6-5-9-14(17)12-16/h3-6,8-12,14,16H,2,7H2,1H3. The molecule has 1 aromatic rings. The van der Waals surface area contributed by atoms with Crippen molar-refractivity contribution in [2.45, 2.75) is 25.8 Å². The Bertz CT molecular complexity index is 446. The smallest absolute Gasteiger partial charge is 0.0867 e. The lowest BCUT2D eigenvalue weighted by molar-refractivity contribution is 0.896. The van der Waals surface area contributed by atoms with Gasteiger partial charge in [-0.25, -0.2) is 0 Å². The molecule has 1 aliphatic heterocycles. The van der Waals surface area contributed by atoms with E-state index in [9.17, 15) is 0 Å². The number of benzene rings is 1. The lowest BCUT2D eigenvalue weighted by Gasteiger charge is -2.29. The van der Waals surface area contributed by atoms with Gasteiger partial charge in [-0.2, -0.15) is 0 Å². The van der Waals surface area contributed by atoms with Gasteiger partial charge in [0.15, 0.2) is 0 Å². The summed E-state index contributed by atoms with van der Waals surface area (Å²) in [5, 5.41) is 7.50. The predicted octanol–water partition coefficient (Wildman–Crippen LogP) is 3.55. The van der Waals surface area contributed by atoms with Crippen molar-refractivity contribution in [1.82, 2.24) is 0 Å². The average Bonchev–Trinajstić information content (AvgIpc) is 2.40. The fourth-order valence-corrected chi connectivity index (χ4v) is 2.13. The summed E-state index contributed by atoms with van der Waals surface area (Å²) in [7, 11) is 0. The summed E-state index contributed by atoms with van der Waals surface area (Å²) in [4.78, 5) is 2.15. The molecule has 0 bridgehead atoms. The van der Waals surface area contributed by atoms with Crippen LogP contribution in [-0.4, -0.2) is 12.3 Å². The van der Waals surface area contributed by atoms with Crippen molar-refractivity contribution in [2.24, 2.45) is 0 Å². The summed E-state index contributed by atoms with van der Waals surface area (Å²) in [5.74, 6) is 0. The van der Waals surface area contributed by atoms with Gasteiger partial charge >= 0.3 is 0 Å². The monoisotopic (exact) mass is 226 g/mol. The number of nitrogens with zero attached hydrogens (tertiary/aromatic N) is 1. The van der Waals surface area contributed by atoms with E-state index in [0.717, 1.165) is 12.8 Å². The molecule has 0 aliphatic carbocycles. The number of hydrogen-bond acceptors (Lipinski definition) is 2. The van der Waals surface area contributed by atoms with Gasteiger partial charge in [0.2, 0.25) is 0 Å². The Morgan fingerprint density at radius 2 is 2.12 bits per heavy atom. The molecule has 17 heavy (non-hydrogen) atoms. The van der Waals surface area contributed by atoms with Crippen molar-refractivity contribution in [3.63, 3.8) is 0 Å². The molecule has 2 nitrogen and oxygen atoms in total. The highest BCUT2D eigenvalue weighted by atomic mass is 15.1. The predicted molar refractivity (Wildman–Crippen MR) is 73.8 cm³/mol. The number of anilines is 1. The van der Waals surface area contributed by atoms with Crippen LogP contribution in [-0.2, 0) is 6.42 Å². The van der Waals surface area contributed by atoms with Crippen LogP contribution in [0.1, 0.15) is 18.9 Å². The minimum atomic E-state index is 0.0398. The quantitative estimate of drug-likeness (QED) is 0.781. The fourth-order valence-electron chi connectivity index (χ4n) is 2.13. The fraction of sp³-hybridized carbons (Fsp3) is 0.267. The van der Waals surface area contributed by atoms with Gasteiger partial charge in [0, 0.05) is 18.1 Å². The number of rotatable bonds is 4. The Morgan fingerprint density at radius 1 is 1.29 bits per heavy atom. The van der Waals surface area contributed by atoms with Crippen molar-refractivity contribution in [3.8, 4) is 0 Å². The number of allylic oxidation sites excluding steroid dienone is 2. The number of aryl methyl sites for hydroxylation is 1. The molecular formula is C15H18N2. The molecule has 2 heteroatoms. The van der Waals surface area contributed by atoms with Gasteiger partial charge in [0.1, 0.15) is 0 Å². The molecule has 0 aromatic heterocycles. The number of hydrogen-bond donors (Lipinski definition) is 1. The van der Waals surface area contributed by atoms with Crippen LogP contribution in [0.3, 0.4) is 0 Å². The first kappa shape index (κ1) is 11.6. The summed E-state index contributed by atoms with van der Waals surface area (Å²) >= 11 is 0. The van der Waals surface area contributed by atoms with Gasteiger partial charge < -0.3 is 10.3 Å². The van der Waals surface area contributed by atoms with Gasteiger partial charge in [-0.1, -0.05) is 43.7 Å². The molecule has 0 radical (unpaired) electrons. The van der Waals surface area contributed by atoms with Gasteiger partial charge in [-0.05, 0) is 24.1 Å². The van der Waals surface area contributed by atoms with E-state index >= 15 is 0 Å². The summed E-state index contributed by atoms with van der Waals surface area (Å²) in [6.45, 7) is 2.19. The van der Waals surface area contributed by atoms with Crippen LogP contribution in [0.5, 0.6) is 0 Å². The third-order valence-electron chi connectivity index (χ3n) is 2.95. The van der Waals surface area contributed by atoms with E-state index in [1.165, 1.54) is 17.5 Å². The molecule has 1 aliphatic rings. The van der Waals surface area contributed by atoms with Crippen molar-refractivity contribution in [2.75, 3.05) is 4.90 Å². The van der Waals surface area contributed by atoms with Crippen LogP contribution in [0.25, 0.3) is 0 Å². The van der Waals surface area contributed by atoms with E-state index in [2.05, 4.69) is 36.1 Å². The zero-order valence-electron chi connectivity index (χ0n) is 10.1. The SMILES string of the molecule is CCCc1ccccc1N1C=CC=CC1C=N. The van der Waals surface area contributed by atoms with Crippen LogP contribution in [0.4, 0.5) is 5.69 Å². The summed E-state index contributed by atoms with van der Waals surface area (Å²) in [6, 6.07) is 8.48. The largest absolute Gasteiger partial charge is 0.336 e. The maximum Gasteiger partial charge on any atom is 0.0867 e. The molecule has 0 spiro atoms. The second kappa shape index (κ2) is 5.48. The zero-order valence-corrected chi connectivity index (χ0v) is 10.1. The third kappa shape index (κ3) is 2.47. The molecular weight excluding hydrogens is 208 g/mol. The zero-order chi connectivity index (χ0) is 12.1. The molecule has 1 heterocycles. The highest BCUT2D eigenvalue weighted by molar-refractivity contribution is 5.74. The summed E-state index contributed by atoms with van der Waals surface area (Å²) < 4.78 is 0. The van der Waals surface area contributed by atoms with Crippen molar-refractivity contribution in [1.29, 1.82) is 5.41 Å². The van der Waals surface area contributed by atoms with Crippen molar-refractivity contribution in [3.05, 3.63) is 54.3 Å². The Morgan fingerprint density at radius 3 is 2.88 bits per heavy atom. The minimum Gasteiger partial charge on any atom is -0.336 e. The molecule has 1 atom stereocenters. The second-order valence-electron chi connectivity index (χ2n) is 4.17. The Balaban J connectivity index is 2.35. The van der Waals surface area contributed by atoms with Gasteiger partial charge in [-0.15, -0.1) is 0 Å². The lowest BCUT2D eigenvalue weighted by atomic mass is 10.0. The number of nitrogens with one attached hydrogen (secondary N) is 1. The molecule has 88 valence electrons.